The first-order chi connectivity index (χ1) is 31.2. The molecule has 12 rings (SSSR count). The third-order valence-corrected chi connectivity index (χ3v) is 13.0. The van der Waals surface area contributed by atoms with Crippen molar-refractivity contribution < 1.29 is 0 Å². The van der Waals surface area contributed by atoms with Crippen molar-refractivity contribution in [2.45, 2.75) is 6.42 Å². The molecule has 0 aliphatic carbocycles. The van der Waals surface area contributed by atoms with E-state index in [4.69, 9.17) is 19.9 Å². The third kappa shape index (κ3) is 6.65. The van der Waals surface area contributed by atoms with Crippen molar-refractivity contribution in [3.63, 3.8) is 0 Å². The van der Waals surface area contributed by atoms with Crippen LogP contribution in [0.15, 0.2) is 212 Å². The summed E-state index contributed by atoms with van der Waals surface area (Å²) < 4.78 is 4.90. The van der Waals surface area contributed by atoms with Crippen molar-refractivity contribution in [3.05, 3.63) is 224 Å². The van der Waals surface area contributed by atoms with Gasteiger partial charge in [0.1, 0.15) is 11.6 Å². The fourth-order valence-corrected chi connectivity index (χ4v) is 10.1. The number of hydrogen-bond donors (Lipinski definition) is 0. The van der Waals surface area contributed by atoms with Gasteiger partial charge in [-0.2, -0.15) is 0 Å². The summed E-state index contributed by atoms with van der Waals surface area (Å²) in [6, 6.07) is 72.7. The molecule has 6 heteroatoms. The molecule has 0 bridgehead atoms. The Bertz CT molecular complexity index is 3520. The van der Waals surface area contributed by atoms with Crippen LogP contribution in [0.4, 0.5) is 0 Å². The van der Waals surface area contributed by atoms with Gasteiger partial charge in [0.25, 0.3) is 0 Å². The van der Waals surface area contributed by atoms with E-state index in [1.54, 1.807) is 0 Å². The van der Waals surface area contributed by atoms with E-state index < -0.39 is 0 Å². The predicted molar refractivity (Wildman–Crippen MR) is 261 cm³/mol. The van der Waals surface area contributed by atoms with Gasteiger partial charge in [-0.1, -0.05) is 164 Å². The fraction of sp³-hybridized carbons (Fsp3) is 0.0175. The average Bonchev–Trinajstić information content (AvgIpc) is 3.91. The van der Waals surface area contributed by atoms with Crippen molar-refractivity contribution in [2.24, 2.45) is 0 Å². The molecular weight excluding hydrogens is 787 g/mol. The smallest absolute Gasteiger partial charge is 0.163 e. The van der Waals surface area contributed by atoms with Crippen molar-refractivity contribution in [1.82, 2.24) is 24.5 Å². The minimum Gasteiger partial charge on any atom is -0.293 e. The highest BCUT2D eigenvalue weighted by Gasteiger charge is 2.22. The summed E-state index contributed by atoms with van der Waals surface area (Å²) in [6.45, 7) is 0. The van der Waals surface area contributed by atoms with Crippen molar-refractivity contribution in [2.75, 3.05) is 0 Å². The molecule has 0 N–H and O–H groups in total. The van der Waals surface area contributed by atoms with Crippen LogP contribution in [0.3, 0.4) is 0 Å². The van der Waals surface area contributed by atoms with E-state index in [9.17, 15) is 0 Å². The maximum Gasteiger partial charge on any atom is 0.163 e. The van der Waals surface area contributed by atoms with E-state index in [0.29, 0.717) is 23.9 Å². The molecule has 0 atom stereocenters. The summed E-state index contributed by atoms with van der Waals surface area (Å²) in [5.41, 5.74) is 11.8. The molecule has 4 heterocycles. The second-order valence-corrected chi connectivity index (χ2v) is 16.9. The summed E-state index contributed by atoms with van der Waals surface area (Å²) in [7, 11) is 0. The monoisotopic (exact) mass is 823 g/mol. The summed E-state index contributed by atoms with van der Waals surface area (Å²) in [6.07, 6.45) is 2.46. The van der Waals surface area contributed by atoms with Crippen LogP contribution in [-0.4, -0.2) is 24.5 Å². The first-order valence-electron chi connectivity index (χ1n) is 21.2. The van der Waals surface area contributed by atoms with Crippen LogP contribution < -0.4 is 0 Å². The van der Waals surface area contributed by atoms with Crippen LogP contribution in [0.2, 0.25) is 0 Å². The number of benzene rings is 8. The molecule has 63 heavy (non-hydrogen) atoms. The van der Waals surface area contributed by atoms with Crippen LogP contribution in [0.1, 0.15) is 11.4 Å². The highest BCUT2D eigenvalue weighted by atomic mass is 32.1. The van der Waals surface area contributed by atoms with E-state index in [0.717, 1.165) is 66.9 Å². The highest BCUT2D eigenvalue weighted by molar-refractivity contribution is 7.26. The van der Waals surface area contributed by atoms with E-state index in [2.05, 4.69) is 174 Å². The van der Waals surface area contributed by atoms with E-state index in [-0.39, 0.29) is 0 Å². The highest BCUT2D eigenvalue weighted by Crippen LogP contribution is 2.44. The zero-order valence-electron chi connectivity index (χ0n) is 34.1. The number of rotatable bonds is 8. The molecule has 0 fully saturated rings. The minimum absolute atomic E-state index is 0.413. The molecular formula is C57H37N5S. The fourth-order valence-electron chi connectivity index (χ4n) is 8.97. The van der Waals surface area contributed by atoms with Crippen LogP contribution in [0.25, 0.3) is 104 Å². The molecule has 0 saturated heterocycles. The molecule has 5 nitrogen and oxygen atoms in total. The van der Waals surface area contributed by atoms with Gasteiger partial charge in [-0.3, -0.25) is 4.57 Å². The summed E-state index contributed by atoms with van der Waals surface area (Å²) >= 11 is 1.83. The molecule has 0 aliphatic heterocycles. The van der Waals surface area contributed by atoms with Crippen molar-refractivity contribution in [3.8, 4) is 62.0 Å². The summed E-state index contributed by atoms with van der Waals surface area (Å²) in [5.74, 6) is 2.78. The van der Waals surface area contributed by atoms with Gasteiger partial charge in [0.05, 0.1) is 11.0 Å². The summed E-state index contributed by atoms with van der Waals surface area (Å²) in [5, 5.41) is 4.86. The zero-order chi connectivity index (χ0) is 41.7. The quantitative estimate of drug-likeness (QED) is 0.153. The standard InChI is InChI=1S/C57H37N5S/c1-5-17-37(18-6-1)41-31-42(38-19-7-2-8-20-38)33-43(32-41)45-34-44(35-52-59-55(39-21-9-3-10-22-39)61-56(60-52)40-23-11-4-12-24-40)57(58-36-45)62-49-27-15-13-25-46(49)47-29-30-51-53(54(47)62)48-26-14-16-28-50(48)63-51/h1-34,36H,35H2. The van der Waals surface area contributed by atoms with E-state index >= 15 is 0 Å². The Kier molecular flexibility index (Phi) is 9.01. The van der Waals surface area contributed by atoms with Crippen LogP contribution in [-0.2, 0) is 6.42 Å². The van der Waals surface area contributed by atoms with Crippen LogP contribution in [0.5, 0.6) is 0 Å². The van der Waals surface area contributed by atoms with Gasteiger partial charge < -0.3 is 0 Å². The topological polar surface area (TPSA) is 56.5 Å². The molecule has 8 aromatic carbocycles. The molecule has 0 spiro atoms. The van der Waals surface area contributed by atoms with Gasteiger partial charge in [-0.25, -0.2) is 19.9 Å². The number of pyridine rings is 1. The SMILES string of the molecule is c1ccc(-c2cc(-c3ccccc3)cc(-c3cnc(-n4c5ccccc5c5ccc6sc7ccccc7c6c54)c(Cc4nc(-c5ccccc5)nc(-c5ccccc5)n4)c3)c2)cc1. The first-order valence-corrected chi connectivity index (χ1v) is 22.0. The predicted octanol–water partition coefficient (Wildman–Crippen LogP) is 14.7. The maximum atomic E-state index is 5.53. The summed E-state index contributed by atoms with van der Waals surface area (Å²) in [4.78, 5) is 21.0. The lowest BCUT2D eigenvalue weighted by molar-refractivity contribution is 0.914. The molecule has 0 saturated carbocycles. The second kappa shape index (κ2) is 15.4. The molecule has 0 amide bonds. The number of nitrogens with zero attached hydrogens (tertiary/aromatic N) is 5. The van der Waals surface area contributed by atoms with Gasteiger partial charge in [0.15, 0.2) is 11.6 Å². The molecule has 296 valence electrons. The molecule has 12 aromatic rings. The minimum atomic E-state index is 0.413. The Balaban J connectivity index is 1.13. The second-order valence-electron chi connectivity index (χ2n) is 15.8. The Hall–Kier alpha value is -8.06. The lowest BCUT2D eigenvalue weighted by Crippen LogP contribution is -2.08. The molecule has 0 radical (unpaired) electrons. The van der Waals surface area contributed by atoms with Gasteiger partial charge in [-0.05, 0) is 70.3 Å². The largest absolute Gasteiger partial charge is 0.293 e. The lowest BCUT2D eigenvalue weighted by atomic mass is 9.93. The van der Waals surface area contributed by atoms with Crippen LogP contribution in [0, 0.1) is 0 Å². The number of thiophene rings is 1. The van der Waals surface area contributed by atoms with E-state index in [1.807, 2.05) is 53.9 Å². The van der Waals surface area contributed by atoms with E-state index in [1.165, 1.54) is 30.9 Å². The normalized spacial score (nSPS) is 11.6. The Labute approximate surface area is 368 Å². The Morgan fingerprint density at radius 2 is 0.921 bits per heavy atom. The first kappa shape index (κ1) is 36.8. The van der Waals surface area contributed by atoms with Crippen molar-refractivity contribution >= 4 is 53.3 Å². The zero-order valence-corrected chi connectivity index (χ0v) is 34.9. The van der Waals surface area contributed by atoms with Crippen LogP contribution >= 0.6 is 11.3 Å². The average molecular weight is 824 g/mol. The third-order valence-electron chi connectivity index (χ3n) is 11.9. The van der Waals surface area contributed by atoms with Gasteiger partial charge in [0, 0.05) is 65.8 Å². The van der Waals surface area contributed by atoms with Gasteiger partial charge >= 0.3 is 0 Å². The lowest BCUT2D eigenvalue weighted by Gasteiger charge is -2.16. The molecule has 0 aliphatic rings. The number of aromatic nitrogens is 5. The number of fused-ring (bicyclic) bond motifs is 7. The molecule has 4 aromatic heterocycles. The molecule has 0 unspecified atom stereocenters. The Morgan fingerprint density at radius 1 is 0.397 bits per heavy atom. The maximum absolute atomic E-state index is 5.53. The van der Waals surface area contributed by atoms with Gasteiger partial charge in [-0.15, -0.1) is 11.3 Å². The number of para-hydroxylation sites is 1. The van der Waals surface area contributed by atoms with Gasteiger partial charge in [0.2, 0.25) is 0 Å². The number of hydrogen-bond acceptors (Lipinski definition) is 5. The Morgan fingerprint density at radius 3 is 1.54 bits per heavy atom. The van der Waals surface area contributed by atoms with Crippen molar-refractivity contribution in [1.29, 1.82) is 0 Å².